The molecule has 0 aromatic carbocycles. The molecule has 0 aliphatic rings. The lowest BCUT2D eigenvalue weighted by Gasteiger charge is -2.17. The molecule has 0 bridgehead atoms. The predicted octanol–water partition coefficient (Wildman–Crippen LogP) is -0.357. The molecule has 2 aromatic heterocycles. The zero-order valence-electron chi connectivity index (χ0n) is 8.79. The Hall–Kier alpha value is -2.31. The zero-order valence-corrected chi connectivity index (χ0v) is 8.79. The summed E-state index contributed by atoms with van der Waals surface area (Å²) in [5.74, 6) is 0.466. The van der Waals surface area contributed by atoms with E-state index < -0.39 is 0 Å². The summed E-state index contributed by atoms with van der Waals surface area (Å²) < 4.78 is 1.86. The SMILES string of the molecule is CN(Cn1ccnc1)c1ncc(N)c(=O)[nH]1. The third-order valence-electron chi connectivity index (χ3n) is 2.11. The number of nitrogens with one attached hydrogen (secondary N) is 1. The molecule has 0 radical (unpaired) electrons. The minimum atomic E-state index is -0.331. The second kappa shape index (κ2) is 4.05. The second-order valence-corrected chi connectivity index (χ2v) is 3.41. The molecule has 84 valence electrons. The van der Waals surface area contributed by atoms with E-state index in [-0.39, 0.29) is 11.2 Å². The number of imidazole rings is 1. The Morgan fingerprint density at radius 1 is 1.62 bits per heavy atom. The van der Waals surface area contributed by atoms with Gasteiger partial charge in [-0.3, -0.25) is 9.78 Å². The summed E-state index contributed by atoms with van der Waals surface area (Å²) in [6.07, 6.45) is 6.55. The molecule has 2 aromatic rings. The van der Waals surface area contributed by atoms with Gasteiger partial charge in [-0.05, 0) is 0 Å². The van der Waals surface area contributed by atoms with E-state index in [4.69, 9.17) is 5.73 Å². The Labute approximate surface area is 91.6 Å². The molecule has 0 fully saturated rings. The van der Waals surface area contributed by atoms with E-state index in [1.807, 2.05) is 17.8 Å². The molecule has 16 heavy (non-hydrogen) atoms. The molecule has 0 atom stereocenters. The van der Waals surface area contributed by atoms with Crippen molar-refractivity contribution >= 4 is 11.6 Å². The Balaban J connectivity index is 2.18. The Morgan fingerprint density at radius 2 is 2.44 bits per heavy atom. The van der Waals surface area contributed by atoms with Crippen molar-refractivity contribution in [3.8, 4) is 0 Å². The monoisotopic (exact) mass is 220 g/mol. The molecule has 7 heteroatoms. The van der Waals surface area contributed by atoms with Crippen LogP contribution in [0.1, 0.15) is 0 Å². The average Bonchev–Trinajstić information content (AvgIpc) is 2.74. The van der Waals surface area contributed by atoms with E-state index >= 15 is 0 Å². The molecule has 2 heterocycles. The molecule has 0 aliphatic carbocycles. The molecular weight excluding hydrogens is 208 g/mol. The maximum atomic E-state index is 11.3. The Morgan fingerprint density at radius 3 is 3.06 bits per heavy atom. The van der Waals surface area contributed by atoms with Crippen molar-refractivity contribution in [2.75, 3.05) is 17.7 Å². The van der Waals surface area contributed by atoms with E-state index in [1.165, 1.54) is 6.20 Å². The highest BCUT2D eigenvalue weighted by atomic mass is 16.1. The second-order valence-electron chi connectivity index (χ2n) is 3.41. The van der Waals surface area contributed by atoms with Crippen LogP contribution in [-0.4, -0.2) is 26.6 Å². The number of aromatic nitrogens is 4. The third-order valence-corrected chi connectivity index (χ3v) is 2.11. The number of aromatic amines is 1. The molecule has 2 rings (SSSR count). The molecule has 7 nitrogen and oxygen atoms in total. The van der Waals surface area contributed by atoms with Gasteiger partial charge in [0.2, 0.25) is 5.95 Å². The van der Waals surface area contributed by atoms with Crippen molar-refractivity contribution in [3.63, 3.8) is 0 Å². The van der Waals surface area contributed by atoms with Crippen LogP contribution in [0.3, 0.4) is 0 Å². The minimum Gasteiger partial charge on any atom is -0.393 e. The van der Waals surface area contributed by atoms with Gasteiger partial charge in [0.25, 0.3) is 5.56 Å². The molecule has 3 N–H and O–H groups in total. The first kappa shape index (κ1) is 10.2. The van der Waals surface area contributed by atoms with Crippen LogP contribution < -0.4 is 16.2 Å². The first-order valence-electron chi connectivity index (χ1n) is 4.68. The lowest BCUT2D eigenvalue weighted by atomic mass is 10.5. The van der Waals surface area contributed by atoms with Crippen LogP contribution in [0.4, 0.5) is 11.6 Å². The van der Waals surface area contributed by atoms with Crippen molar-refractivity contribution < 1.29 is 0 Å². The van der Waals surface area contributed by atoms with Crippen LogP contribution in [0.2, 0.25) is 0 Å². The standard InChI is InChI=1S/C9H12N6O/c1-14(6-15-3-2-11-5-15)9-12-4-7(10)8(16)13-9/h2-5H,6,10H2,1H3,(H,12,13,16). The topological polar surface area (TPSA) is 92.8 Å². The highest BCUT2D eigenvalue weighted by molar-refractivity contribution is 5.36. The van der Waals surface area contributed by atoms with Crippen molar-refractivity contribution in [2.45, 2.75) is 6.67 Å². The van der Waals surface area contributed by atoms with Gasteiger partial charge in [-0.2, -0.15) is 0 Å². The largest absolute Gasteiger partial charge is 0.393 e. The number of rotatable bonds is 3. The van der Waals surface area contributed by atoms with Gasteiger partial charge in [-0.1, -0.05) is 0 Å². The van der Waals surface area contributed by atoms with Crippen molar-refractivity contribution in [2.24, 2.45) is 0 Å². The quantitative estimate of drug-likeness (QED) is 0.737. The number of H-pyrrole nitrogens is 1. The average molecular weight is 220 g/mol. The van der Waals surface area contributed by atoms with Crippen molar-refractivity contribution in [1.82, 2.24) is 19.5 Å². The van der Waals surface area contributed by atoms with E-state index in [9.17, 15) is 4.79 Å². The van der Waals surface area contributed by atoms with Crippen LogP contribution in [0.15, 0.2) is 29.7 Å². The number of nitrogens with zero attached hydrogens (tertiary/aromatic N) is 4. The molecule has 0 saturated heterocycles. The first-order chi connectivity index (χ1) is 7.66. The fourth-order valence-electron chi connectivity index (χ4n) is 1.27. The summed E-state index contributed by atoms with van der Waals surface area (Å²) in [5, 5.41) is 0. The van der Waals surface area contributed by atoms with Gasteiger partial charge in [0.15, 0.2) is 0 Å². The van der Waals surface area contributed by atoms with Gasteiger partial charge in [0.05, 0.1) is 19.2 Å². The fraction of sp³-hybridized carbons (Fsp3) is 0.222. The minimum absolute atomic E-state index is 0.111. The van der Waals surface area contributed by atoms with Crippen LogP contribution in [0, 0.1) is 0 Å². The van der Waals surface area contributed by atoms with E-state index in [1.54, 1.807) is 17.4 Å². The molecule has 0 amide bonds. The summed E-state index contributed by atoms with van der Waals surface area (Å²) >= 11 is 0. The molecule has 0 spiro atoms. The van der Waals surface area contributed by atoms with Crippen LogP contribution in [-0.2, 0) is 6.67 Å². The molecule has 0 unspecified atom stereocenters. The van der Waals surface area contributed by atoms with Crippen molar-refractivity contribution in [1.29, 1.82) is 0 Å². The number of nitrogens with two attached hydrogens (primary N) is 1. The van der Waals surface area contributed by atoms with Crippen LogP contribution in [0.5, 0.6) is 0 Å². The maximum Gasteiger partial charge on any atom is 0.275 e. The first-order valence-corrected chi connectivity index (χ1v) is 4.68. The summed E-state index contributed by atoms with van der Waals surface area (Å²) in [5.41, 5.74) is 5.16. The smallest absolute Gasteiger partial charge is 0.275 e. The summed E-state index contributed by atoms with van der Waals surface area (Å²) in [4.78, 5) is 23.6. The van der Waals surface area contributed by atoms with Gasteiger partial charge in [0, 0.05) is 19.4 Å². The summed E-state index contributed by atoms with van der Waals surface area (Å²) in [6.45, 7) is 0.548. The van der Waals surface area contributed by atoms with E-state index in [0.717, 1.165) is 0 Å². The van der Waals surface area contributed by atoms with Gasteiger partial charge in [0.1, 0.15) is 5.69 Å². The number of hydrogen-bond acceptors (Lipinski definition) is 5. The van der Waals surface area contributed by atoms with Gasteiger partial charge in [-0.15, -0.1) is 0 Å². The lowest BCUT2D eigenvalue weighted by Crippen LogP contribution is -2.25. The lowest BCUT2D eigenvalue weighted by molar-refractivity contribution is 0.667. The fourth-order valence-corrected chi connectivity index (χ4v) is 1.27. The summed E-state index contributed by atoms with van der Waals surface area (Å²) in [6, 6.07) is 0. The Bertz CT molecular complexity index is 517. The highest BCUT2D eigenvalue weighted by Crippen LogP contribution is 2.03. The highest BCUT2D eigenvalue weighted by Gasteiger charge is 2.04. The molecule has 0 saturated carbocycles. The third kappa shape index (κ3) is 2.02. The van der Waals surface area contributed by atoms with Crippen molar-refractivity contribution in [3.05, 3.63) is 35.3 Å². The maximum absolute atomic E-state index is 11.3. The molecule has 0 aliphatic heterocycles. The summed E-state index contributed by atoms with van der Waals surface area (Å²) in [7, 11) is 1.81. The van der Waals surface area contributed by atoms with Gasteiger partial charge >= 0.3 is 0 Å². The van der Waals surface area contributed by atoms with E-state index in [0.29, 0.717) is 12.6 Å². The van der Waals surface area contributed by atoms with Crippen LogP contribution >= 0.6 is 0 Å². The van der Waals surface area contributed by atoms with Crippen LogP contribution in [0.25, 0.3) is 0 Å². The van der Waals surface area contributed by atoms with E-state index in [2.05, 4.69) is 15.0 Å². The predicted molar refractivity (Wildman–Crippen MR) is 59.9 cm³/mol. The van der Waals surface area contributed by atoms with Gasteiger partial charge < -0.3 is 15.2 Å². The number of anilines is 2. The van der Waals surface area contributed by atoms with Gasteiger partial charge in [-0.25, -0.2) is 9.97 Å². The normalized spacial score (nSPS) is 10.3. The molecular formula is C9H12N6O. The Kier molecular flexibility index (Phi) is 2.59. The zero-order chi connectivity index (χ0) is 11.5. The number of nitrogen functional groups attached to an aromatic ring is 1. The number of hydrogen-bond donors (Lipinski definition) is 2.